The number of carboxylic acids is 1. The van der Waals surface area contributed by atoms with Crippen LogP contribution in [0.3, 0.4) is 0 Å². The average molecular weight is 240 g/mol. The fourth-order valence-corrected chi connectivity index (χ4v) is 0.704. The number of carboxylic acid groups (broad SMARTS) is 1. The highest BCUT2D eigenvalue weighted by Crippen LogP contribution is 2.16. The third-order valence-corrected chi connectivity index (χ3v) is 1.55. The van der Waals surface area contributed by atoms with Crippen molar-refractivity contribution < 1.29 is 19.4 Å². The molecule has 90 valence electrons. The molecule has 0 atom stereocenters. The second-order valence-corrected chi connectivity index (χ2v) is 3.92. The highest BCUT2D eigenvalue weighted by atomic mass is 35.5. The molecule has 0 aliphatic rings. The van der Waals surface area contributed by atoms with E-state index in [4.69, 9.17) is 22.4 Å². The van der Waals surface area contributed by atoms with Crippen molar-refractivity contribution in [2.45, 2.75) is 27.2 Å². The molecule has 0 aromatic carbocycles. The molecule has 0 saturated carbocycles. The summed E-state index contributed by atoms with van der Waals surface area (Å²) in [6.45, 7) is 6.13. The van der Waals surface area contributed by atoms with Gasteiger partial charge in [0.05, 0.1) is 13.0 Å². The summed E-state index contributed by atoms with van der Waals surface area (Å²) in [5, 5.41) is 8.32. The van der Waals surface area contributed by atoms with Gasteiger partial charge in [-0.3, -0.25) is 4.79 Å². The van der Waals surface area contributed by atoms with E-state index in [0.29, 0.717) is 13.2 Å². The van der Waals surface area contributed by atoms with Gasteiger partial charge in [0.2, 0.25) is 0 Å². The number of carbonyl (C=O) groups is 2. The lowest BCUT2D eigenvalue weighted by atomic mass is 9.90. The zero-order chi connectivity index (χ0) is 12.5. The van der Waals surface area contributed by atoms with Crippen molar-refractivity contribution in [3.63, 3.8) is 0 Å². The Balaban J connectivity index is 0. The lowest BCUT2D eigenvalue weighted by Crippen LogP contribution is -2.26. The minimum atomic E-state index is -0.787. The van der Waals surface area contributed by atoms with Gasteiger partial charge in [0.15, 0.2) is 0 Å². The Bertz CT molecular complexity index is 206. The fourth-order valence-electron chi connectivity index (χ4n) is 0.595. The molecular weight excluding hydrogens is 222 g/mol. The van der Waals surface area contributed by atoms with Crippen molar-refractivity contribution in [3.05, 3.63) is 0 Å². The molecule has 3 N–H and O–H groups in total. The van der Waals surface area contributed by atoms with Gasteiger partial charge in [-0.05, 0) is 18.9 Å². The van der Waals surface area contributed by atoms with Crippen LogP contribution in [0.4, 0.5) is 4.79 Å². The van der Waals surface area contributed by atoms with Crippen LogP contribution in [0.5, 0.6) is 0 Å². The van der Waals surface area contributed by atoms with Crippen molar-refractivity contribution in [3.8, 4) is 0 Å². The van der Waals surface area contributed by atoms with Crippen molar-refractivity contribution in [2.24, 2.45) is 11.1 Å². The lowest BCUT2D eigenvalue weighted by Gasteiger charge is -2.18. The highest BCUT2D eigenvalue weighted by Gasteiger charge is 2.18. The van der Waals surface area contributed by atoms with Crippen LogP contribution in [-0.4, -0.2) is 29.7 Å². The molecule has 0 fully saturated rings. The number of carbonyl (C=O) groups excluding carboxylic acids is 1. The van der Waals surface area contributed by atoms with Gasteiger partial charge in [-0.15, -0.1) is 0 Å². The monoisotopic (exact) mass is 239 g/mol. The van der Waals surface area contributed by atoms with Gasteiger partial charge < -0.3 is 15.6 Å². The van der Waals surface area contributed by atoms with Crippen molar-refractivity contribution >= 4 is 23.0 Å². The summed E-state index contributed by atoms with van der Waals surface area (Å²) in [7, 11) is 0. The molecule has 0 spiro atoms. The van der Waals surface area contributed by atoms with E-state index in [-0.39, 0.29) is 11.8 Å². The Morgan fingerprint density at radius 2 is 1.93 bits per heavy atom. The minimum absolute atomic E-state index is 0.142. The third-order valence-electron chi connectivity index (χ3n) is 1.44. The molecule has 0 amide bonds. The van der Waals surface area contributed by atoms with Gasteiger partial charge in [-0.2, -0.15) is 0 Å². The van der Waals surface area contributed by atoms with Crippen LogP contribution in [0.15, 0.2) is 0 Å². The number of nitrogens with two attached hydrogens (primary N) is 1. The summed E-state index contributed by atoms with van der Waals surface area (Å²) in [4.78, 5) is 19.7. The van der Waals surface area contributed by atoms with Crippen LogP contribution in [-0.2, 0) is 9.53 Å². The molecule has 0 rings (SSSR count). The maximum Gasteiger partial charge on any atom is 0.403 e. The molecule has 0 radical (unpaired) electrons. The lowest BCUT2D eigenvalue weighted by molar-refractivity contribution is -0.139. The third kappa shape index (κ3) is 15.9. The van der Waals surface area contributed by atoms with Gasteiger partial charge in [-0.25, -0.2) is 4.79 Å². The zero-order valence-electron chi connectivity index (χ0n) is 9.25. The highest BCUT2D eigenvalue weighted by molar-refractivity contribution is 6.61. The number of halogens is 1. The summed E-state index contributed by atoms with van der Waals surface area (Å²) in [5.41, 5.74) is 4.29. The number of hydrogen-bond acceptors (Lipinski definition) is 4. The average Bonchev–Trinajstić information content (AvgIpc) is 2.02. The minimum Gasteiger partial charge on any atom is -0.481 e. The first-order valence-electron chi connectivity index (χ1n) is 4.49. The molecule has 0 aromatic heterocycles. The maximum absolute atomic E-state index is 10.1. The standard InChI is InChI=1S/C6H13NO2.C3H5ClO2/c1-6(2,4-7)3-5(8)9;1-2-6-3(4)5/h3-4,7H2,1-2H3,(H,8,9);2H2,1H3. The number of hydrogen-bond donors (Lipinski definition) is 2. The van der Waals surface area contributed by atoms with Crippen molar-refractivity contribution in [1.29, 1.82) is 0 Å². The molecule has 6 heteroatoms. The molecular formula is C9H18ClNO4. The van der Waals surface area contributed by atoms with E-state index in [1.54, 1.807) is 6.92 Å². The quantitative estimate of drug-likeness (QED) is 0.731. The Morgan fingerprint density at radius 3 is 2.00 bits per heavy atom. The van der Waals surface area contributed by atoms with E-state index in [9.17, 15) is 9.59 Å². The van der Waals surface area contributed by atoms with Crippen molar-refractivity contribution in [2.75, 3.05) is 13.2 Å². The van der Waals surface area contributed by atoms with Crippen molar-refractivity contribution in [1.82, 2.24) is 0 Å². The smallest absolute Gasteiger partial charge is 0.403 e. The summed E-state index contributed by atoms with van der Waals surface area (Å²) in [5.74, 6) is -0.787. The molecule has 0 aliphatic carbocycles. The van der Waals surface area contributed by atoms with Crippen LogP contribution in [0.1, 0.15) is 27.2 Å². The second kappa shape index (κ2) is 8.49. The number of aliphatic carboxylic acids is 1. The van der Waals surface area contributed by atoms with Gasteiger partial charge >= 0.3 is 11.4 Å². The first kappa shape index (κ1) is 16.6. The van der Waals surface area contributed by atoms with Crippen LogP contribution in [0.2, 0.25) is 0 Å². The molecule has 0 heterocycles. The van der Waals surface area contributed by atoms with Gasteiger partial charge in [-0.1, -0.05) is 13.8 Å². The fraction of sp³-hybridized carbons (Fsp3) is 0.778. The predicted molar refractivity (Wildman–Crippen MR) is 58.0 cm³/mol. The first-order valence-corrected chi connectivity index (χ1v) is 4.87. The van der Waals surface area contributed by atoms with E-state index in [1.165, 1.54) is 0 Å². The second-order valence-electron chi connectivity index (χ2n) is 3.61. The van der Waals surface area contributed by atoms with Crippen LogP contribution >= 0.6 is 11.6 Å². The van der Waals surface area contributed by atoms with Crippen LogP contribution in [0, 0.1) is 5.41 Å². The molecule has 15 heavy (non-hydrogen) atoms. The summed E-state index contributed by atoms with van der Waals surface area (Å²) in [6.07, 6.45) is 0.142. The molecule has 0 aromatic rings. The summed E-state index contributed by atoms with van der Waals surface area (Å²) >= 11 is 4.72. The molecule has 0 bridgehead atoms. The maximum atomic E-state index is 10.1. The van der Waals surface area contributed by atoms with E-state index >= 15 is 0 Å². The van der Waals surface area contributed by atoms with Gasteiger partial charge in [0.25, 0.3) is 0 Å². The summed E-state index contributed by atoms with van der Waals surface area (Å²) in [6, 6.07) is 0. The van der Waals surface area contributed by atoms with Gasteiger partial charge in [0, 0.05) is 11.6 Å². The topological polar surface area (TPSA) is 89.6 Å². The van der Waals surface area contributed by atoms with E-state index in [2.05, 4.69) is 4.74 Å². The largest absolute Gasteiger partial charge is 0.481 e. The molecule has 0 unspecified atom stereocenters. The Kier molecular flexibility index (Phi) is 9.41. The zero-order valence-corrected chi connectivity index (χ0v) is 10.0. The van der Waals surface area contributed by atoms with E-state index in [1.807, 2.05) is 13.8 Å². The molecule has 5 nitrogen and oxygen atoms in total. The molecule has 0 aliphatic heterocycles. The first-order chi connectivity index (χ1) is 6.75. The summed E-state index contributed by atoms with van der Waals surface area (Å²) < 4.78 is 4.17. The van der Waals surface area contributed by atoms with Crippen LogP contribution in [0.25, 0.3) is 0 Å². The Labute approximate surface area is 94.5 Å². The van der Waals surface area contributed by atoms with E-state index < -0.39 is 11.4 Å². The van der Waals surface area contributed by atoms with E-state index in [0.717, 1.165) is 0 Å². The number of ether oxygens (including phenoxy) is 1. The normalized spacial score (nSPS) is 9.93. The predicted octanol–water partition coefficient (Wildman–Crippen LogP) is 1.83. The molecule has 0 saturated heterocycles. The Hall–Kier alpha value is -0.810. The Morgan fingerprint density at radius 1 is 1.47 bits per heavy atom. The van der Waals surface area contributed by atoms with Gasteiger partial charge in [0.1, 0.15) is 0 Å². The number of rotatable bonds is 4. The SMILES string of the molecule is CC(C)(CN)CC(=O)O.CCOC(=O)Cl. The van der Waals surface area contributed by atoms with Crippen LogP contribution < -0.4 is 5.73 Å².